The first-order valence-corrected chi connectivity index (χ1v) is 9.58. The third-order valence-corrected chi connectivity index (χ3v) is 5.74. The van der Waals surface area contributed by atoms with Gasteiger partial charge in [-0.25, -0.2) is 5.06 Å². The predicted molar refractivity (Wildman–Crippen MR) is 95.4 cm³/mol. The van der Waals surface area contributed by atoms with Crippen molar-refractivity contribution >= 4 is 11.8 Å². The van der Waals surface area contributed by atoms with Crippen LogP contribution in [-0.2, 0) is 14.4 Å². The molecule has 3 aliphatic rings. The largest absolute Gasteiger partial charge is 0.363 e. The molecule has 2 amide bonds. The monoisotopic (exact) mass is 358 g/mol. The lowest BCUT2D eigenvalue weighted by atomic mass is 9.91. The lowest BCUT2D eigenvalue weighted by molar-refractivity contribution is -0.206. The molecule has 1 aromatic rings. The van der Waals surface area contributed by atoms with Crippen molar-refractivity contribution in [2.24, 2.45) is 5.92 Å². The molecule has 0 N–H and O–H groups in total. The van der Waals surface area contributed by atoms with Crippen molar-refractivity contribution in [3.05, 3.63) is 35.4 Å². The Morgan fingerprint density at radius 1 is 1.15 bits per heavy atom. The maximum Gasteiger partial charge on any atom is 0.275 e. The highest BCUT2D eigenvalue weighted by molar-refractivity contribution is 5.95. The number of aryl methyl sites for hydroxylation is 1. The Morgan fingerprint density at radius 3 is 2.77 bits per heavy atom. The minimum absolute atomic E-state index is 0.0549. The van der Waals surface area contributed by atoms with Crippen LogP contribution in [0.4, 0.5) is 0 Å². The summed E-state index contributed by atoms with van der Waals surface area (Å²) >= 11 is 0. The maximum absolute atomic E-state index is 12.8. The van der Waals surface area contributed by atoms with E-state index in [1.54, 1.807) is 0 Å². The van der Waals surface area contributed by atoms with Crippen molar-refractivity contribution in [1.82, 2.24) is 9.96 Å². The molecule has 26 heavy (non-hydrogen) atoms. The number of ether oxygens (including phenoxy) is 1. The molecular weight excluding hydrogens is 332 g/mol. The number of rotatable bonds is 2. The highest BCUT2D eigenvalue weighted by atomic mass is 16.7. The van der Waals surface area contributed by atoms with Gasteiger partial charge >= 0.3 is 0 Å². The van der Waals surface area contributed by atoms with Crippen LogP contribution in [0.25, 0.3) is 0 Å². The van der Waals surface area contributed by atoms with E-state index in [2.05, 4.69) is 0 Å². The van der Waals surface area contributed by atoms with E-state index in [0.717, 1.165) is 43.4 Å². The molecule has 3 aliphatic heterocycles. The molecule has 6 nitrogen and oxygen atoms in total. The standard InChI is InChI=1S/C20H26N2O4/c1-14-6-2-3-7-16(14)19(23)21-10-8-15-12-17(26-18(15)13-21)20(24)22-9-4-5-11-25-22/h2-3,6-7,15,17-18H,4-5,8-13H2,1H3/t15-,17-,18+/m0/s1. The summed E-state index contributed by atoms with van der Waals surface area (Å²) in [7, 11) is 0. The summed E-state index contributed by atoms with van der Waals surface area (Å²) in [6, 6.07) is 7.67. The molecule has 140 valence electrons. The van der Waals surface area contributed by atoms with Crippen LogP contribution in [0.1, 0.15) is 41.6 Å². The number of hydrogen-bond acceptors (Lipinski definition) is 4. The van der Waals surface area contributed by atoms with E-state index < -0.39 is 6.10 Å². The van der Waals surface area contributed by atoms with Gasteiger partial charge in [-0.2, -0.15) is 0 Å². The summed E-state index contributed by atoms with van der Waals surface area (Å²) in [6.07, 6.45) is 3.09. The normalized spacial score (nSPS) is 28.7. The van der Waals surface area contributed by atoms with Gasteiger partial charge in [-0.15, -0.1) is 0 Å². The zero-order chi connectivity index (χ0) is 18.1. The Hall–Kier alpha value is -1.92. The molecule has 6 heteroatoms. The molecule has 3 heterocycles. The number of nitrogens with zero attached hydrogens (tertiary/aromatic N) is 2. The van der Waals surface area contributed by atoms with Crippen LogP contribution >= 0.6 is 0 Å². The lowest BCUT2D eigenvalue weighted by Crippen LogP contribution is -2.46. The van der Waals surface area contributed by atoms with Gasteiger partial charge in [-0.05, 0) is 50.2 Å². The second kappa shape index (κ2) is 7.37. The second-order valence-corrected chi connectivity index (χ2v) is 7.49. The Kier molecular flexibility index (Phi) is 4.96. The van der Waals surface area contributed by atoms with Crippen molar-refractivity contribution in [2.75, 3.05) is 26.2 Å². The zero-order valence-corrected chi connectivity index (χ0v) is 15.2. The molecule has 3 atom stereocenters. The van der Waals surface area contributed by atoms with Gasteiger partial charge in [0.15, 0.2) is 0 Å². The number of hydrogen-bond donors (Lipinski definition) is 0. The first-order chi connectivity index (χ1) is 12.6. The third-order valence-electron chi connectivity index (χ3n) is 5.74. The third kappa shape index (κ3) is 3.35. The summed E-state index contributed by atoms with van der Waals surface area (Å²) in [5.74, 6) is 0.338. The first-order valence-electron chi connectivity index (χ1n) is 9.58. The number of fused-ring (bicyclic) bond motifs is 1. The van der Waals surface area contributed by atoms with E-state index in [4.69, 9.17) is 9.57 Å². The number of benzene rings is 1. The van der Waals surface area contributed by atoms with Crippen LogP contribution < -0.4 is 0 Å². The first kappa shape index (κ1) is 17.5. The summed E-state index contributed by atoms with van der Waals surface area (Å²) in [4.78, 5) is 32.8. The molecular formula is C20H26N2O4. The summed E-state index contributed by atoms with van der Waals surface area (Å²) in [5, 5.41) is 1.47. The molecule has 0 bridgehead atoms. The molecule has 0 radical (unpaired) electrons. The fourth-order valence-corrected chi connectivity index (χ4v) is 4.19. The molecule has 0 saturated carbocycles. The van der Waals surface area contributed by atoms with Gasteiger partial charge in [-0.1, -0.05) is 18.2 Å². The highest BCUT2D eigenvalue weighted by Gasteiger charge is 2.44. The van der Waals surface area contributed by atoms with Crippen molar-refractivity contribution < 1.29 is 19.2 Å². The molecule has 1 aromatic carbocycles. The number of carbonyl (C=O) groups excluding carboxylic acids is 2. The van der Waals surface area contributed by atoms with Gasteiger partial charge in [0.1, 0.15) is 6.10 Å². The smallest absolute Gasteiger partial charge is 0.275 e. The number of carbonyl (C=O) groups is 2. The summed E-state index contributed by atoms with van der Waals surface area (Å²) < 4.78 is 6.06. The maximum atomic E-state index is 12.8. The van der Waals surface area contributed by atoms with E-state index in [1.165, 1.54) is 5.06 Å². The van der Waals surface area contributed by atoms with Crippen LogP contribution in [0.3, 0.4) is 0 Å². The van der Waals surface area contributed by atoms with Crippen LogP contribution in [0.5, 0.6) is 0 Å². The summed E-state index contributed by atoms with van der Waals surface area (Å²) in [5.41, 5.74) is 1.74. The minimum atomic E-state index is -0.434. The Morgan fingerprint density at radius 2 is 2.00 bits per heavy atom. The number of hydroxylamine groups is 2. The lowest BCUT2D eigenvalue weighted by Gasteiger charge is -2.34. The molecule has 0 spiro atoms. The van der Waals surface area contributed by atoms with E-state index in [-0.39, 0.29) is 17.9 Å². The van der Waals surface area contributed by atoms with Crippen LogP contribution in [0.2, 0.25) is 0 Å². The topological polar surface area (TPSA) is 59.1 Å². The van der Waals surface area contributed by atoms with Gasteiger partial charge < -0.3 is 9.64 Å². The minimum Gasteiger partial charge on any atom is -0.363 e. The van der Waals surface area contributed by atoms with Gasteiger partial charge in [0, 0.05) is 25.2 Å². The van der Waals surface area contributed by atoms with E-state index in [1.807, 2.05) is 36.1 Å². The average Bonchev–Trinajstić information content (AvgIpc) is 3.11. The number of piperidine rings is 1. The van der Waals surface area contributed by atoms with Crippen molar-refractivity contribution in [3.8, 4) is 0 Å². The highest BCUT2D eigenvalue weighted by Crippen LogP contribution is 2.34. The quantitative estimate of drug-likeness (QED) is 0.813. The Bertz CT molecular complexity index is 686. The van der Waals surface area contributed by atoms with Crippen LogP contribution in [-0.4, -0.2) is 60.2 Å². The van der Waals surface area contributed by atoms with E-state index >= 15 is 0 Å². The summed E-state index contributed by atoms with van der Waals surface area (Å²) in [6.45, 7) is 4.48. The number of amides is 2. The van der Waals surface area contributed by atoms with Crippen molar-refractivity contribution in [2.45, 2.75) is 44.8 Å². The van der Waals surface area contributed by atoms with Gasteiger partial charge in [0.25, 0.3) is 11.8 Å². The zero-order valence-electron chi connectivity index (χ0n) is 15.2. The Balaban J connectivity index is 1.39. The van der Waals surface area contributed by atoms with Gasteiger partial charge in [0.05, 0.1) is 12.7 Å². The molecule has 3 fully saturated rings. The molecule has 3 saturated heterocycles. The van der Waals surface area contributed by atoms with E-state index in [0.29, 0.717) is 25.6 Å². The fraction of sp³-hybridized carbons (Fsp3) is 0.600. The molecule has 4 rings (SSSR count). The van der Waals surface area contributed by atoms with Crippen LogP contribution in [0, 0.1) is 12.8 Å². The van der Waals surface area contributed by atoms with Gasteiger partial charge in [-0.3, -0.25) is 14.4 Å². The fourth-order valence-electron chi connectivity index (χ4n) is 4.19. The van der Waals surface area contributed by atoms with E-state index in [9.17, 15) is 9.59 Å². The SMILES string of the molecule is Cc1ccccc1C(=O)N1CC[C@H]2C[C@@H](C(=O)N3CCCCO3)O[C@@H]2C1. The molecule has 0 aromatic heterocycles. The molecule has 0 aliphatic carbocycles. The predicted octanol–water partition coefficient (Wildman–Crippen LogP) is 2.17. The van der Waals surface area contributed by atoms with Gasteiger partial charge in [0.2, 0.25) is 0 Å². The Labute approximate surface area is 154 Å². The molecule has 0 unspecified atom stereocenters. The number of likely N-dealkylation sites (tertiary alicyclic amines) is 1. The van der Waals surface area contributed by atoms with Crippen LogP contribution in [0.15, 0.2) is 24.3 Å². The average molecular weight is 358 g/mol. The van der Waals surface area contributed by atoms with Crippen molar-refractivity contribution in [1.29, 1.82) is 0 Å². The second-order valence-electron chi connectivity index (χ2n) is 7.49. The van der Waals surface area contributed by atoms with Crippen molar-refractivity contribution in [3.63, 3.8) is 0 Å².